The number of nitrogens with zero attached hydrogens (tertiary/aromatic N) is 1. The summed E-state index contributed by atoms with van der Waals surface area (Å²) in [5.74, 6) is 1.72. The minimum atomic E-state index is 0. The Morgan fingerprint density at radius 2 is 1.87 bits per heavy atom. The van der Waals surface area contributed by atoms with Crippen molar-refractivity contribution in [3.8, 4) is 5.75 Å². The van der Waals surface area contributed by atoms with E-state index in [1.54, 1.807) is 25.5 Å². The topological polar surface area (TPSA) is 45.7 Å². The van der Waals surface area contributed by atoms with Gasteiger partial charge < -0.3 is 15.4 Å². The summed E-state index contributed by atoms with van der Waals surface area (Å²) in [5.41, 5.74) is 3.66. The minimum absolute atomic E-state index is 0. The first-order valence-electron chi connectivity index (χ1n) is 7.25. The molecule has 2 N–H and O–H groups in total. The number of aryl methyl sites for hydroxylation is 2. The van der Waals surface area contributed by atoms with Gasteiger partial charge in [0.15, 0.2) is 5.96 Å². The first kappa shape index (κ1) is 19.8. The van der Waals surface area contributed by atoms with Gasteiger partial charge >= 0.3 is 0 Å². The maximum atomic E-state index is 5.28. The van der Waals surface area contributed by atoms with Crippen LogP contribution in [-0.2, 0) is 13.1 Å². The first-order chi connectivity index (χ1) is 10.6. The first-order valence-corrected chi connectivity index (χ1v) is 8.13. The Hall–Kier alpha value is -1.28. The van der Waals surface area contributed by atoms with Crippen LogP contribution in [0.25, 0.3) is 0 Å². The van der Waals surface area contributed by atoms with Crippen LogP contribution in [0.3, 0.4) is 0 Å². The van der Waals surface area contributed by atoms with E-state index in [9.17, 15) is 0 Å². The van der Waals surface area contributed by atoms with Crippen molar-refractivity contribution in [2.75, 3.05) is 14.2 Å². The van der Waals surface area contributed by atoms with Crippen molar-refractivity contribution in [1.29, 1.82) is 0 Å². The molecular weight excluding hydrogens is 421 g/mol. The van der Waals surface area contributed by atoms with Crippen LogP contribution >= 0.6 is 35.3 Å². The molecule has 2 aromatic rings. The van der Waals surface area contributed by atoms with Crippen molar-refractivity contribution in [3.63, 3.8) is 0 Å². The molecule has 0 amide bonds. The van der Waals surface area contributed by atoms with Crippen molar-refractivity contribution >= 4 is 41.3 Å². The molecule has 0 saturated carbocycles. The Morgan fingerprint density at radius 3 is 2.43 bits per heavy atom. The zero-order valence-electron chi connectivity index (χ0n) is 14.0. The van der Waals surface area contributed by atoms with E-state index in [0.29, 0.717) is 0 Å². The van der Waals surface area contributed by atoms with Crippen molar-refractivity contribution in [3.05, 3.63) is 51.2 Å². The Morgan fingerprint density at radius 1 is 1.13 bits per heavy atom. The van der Waals surface area contributed by atoms with Crippen LogP contribution in [0.1, 0.15) is 21.6 Å². The lowest BCUT2D eigenvalue weighted by Crippen LogP contribution is -2.36. The second kappa shape index (κ2) is 9.77. The Bertz CT molecular complexity index is 655. The highest BCUT2D eigenvalue weighted by molar-refractivity contribution is 14.0. The maximum Gasteiger partial charge on any atom is 0.191 e. The molecule has 1 aromatic heterocycles. The standard InChI is InChI=1S/C17H23N3OS.HI/c1-12-7-8-22-16(12)11-20-17(18-3)19-10-14-5-6-15(21-4)13(2)9-14;/h5-9H,10-11H2,1-4H3,(H2,18,19,20);1H. The molecule has 0 radical (unpaired) electrons. The molecule has 2 rings (SSSR count). The number of halogens is 1. The summed E-state index contributed by atoms with van der Waals surface area (Å²) in [6.07, 6.45) is 0. The van der Waals surface area contributed by atoms with Crippen LogP contribution in [0.4, 0.5) is 0 Å². The van der Waals surface area contributed by atoms with E-state index in [1.807, 2.05) is 6.07 Å². The third-order valence-electron chi connectivity index (χ3n) is 3.53. The number of hydrogen-bond acceptors (Lipinski definition) is 3. The number of rotatable bonds is 5. The van der Waals surface area contributed by atoms with Crippen molar-refractivity contribution < 1.29 is 4.74 Å². The van der Waals surface area contributed by atoms with E-state index in [-0.39, 0.29) is 24.0 Å². The van der Waals surface area contributed by atoms with Crippen LogP contribution in [0.2, 0.25) is 0 Å². The summed E-state index contributed by atoms with van der Waals surface area (Å²) in [7, 11) is 3.48. The summed E-state index contributed by atoms with van der Waals surface area (Å²) in [6.45, 7) is 5.71. The fraction of sp³-hybridized carbons (Fsp3) is 0.353. The maximum absolute atomic E-state index is 5.28. The smallest absolute Gasteiger partial charge is 0.191 e. The molecule has 0 aliphatic heterocycles. The van der Waals surface area contributed by atoms with Crippen LogP contribution in [0.5, 0.6) is 5.75 Å². The van der Waals surface area contributed by atoms with Gasteiger partial charge in [0.1, 0.15) is 5.75 Å². The fourth-order valence-electron chi connectivity index (χ4n) is 2.21. The molecule has 0 saturated heterocycles. The summed E-state index contributed by atoms with van der Waals surface area (Å²) in [6, 6.07) is 8.33. The van der Waals surface area contributed by atoms with Crippen LogP contribution in [0, 0.1) is 13.8 Å². The number of methoxy groups -OCH3 is 1. The number of ether oxygens (including phenoxy) is 1. The molecule has 0 aliphatic carbocycles. The highest BCUT2D eigenvalue weighted by Crippen LogP contribution is 2.18. The second-order valence-electron chi connectivity index (χ2n) is 5.11. The highest BCUT2D eigenvalue weighted by atomic mass is 127. The largest absolute Gasteiger partial charge is 0.496 e. The number of hydrogen-bond donors (Lipinski definition) is 2. The number of nitrogens with one attached hydrogen (secondary N) is 2. The van der Waals surface area contributed by atoms with Gasteiger partial charge in [-0.1, -0.05) is 12.1 Å². The fourth-order valence-corrected chi connectivity index (χ4v) is 3.05. The lowest BCUT2D eigenvalue weighted by Gasteiger charge is -2.13. The van der Waals surface area contributed by atoms with Gasteiger partial charge in [-0.25, -0.2) is 0 Å². The van der Waals surface area contributed by atoms with Crippen LogP contribution in [-0.4, -0.2) is 20.1 Å². The summed E-state index contributed by atoms with van der Waals surface area (Å²) >= 11 is 1.76. The van der Waals surface area contributed by atoms with Gasteiger partial charge in [0, 0.05) is 18.5 Å². The lowest BCUT2D eigenvalue weighted by atomic mass is 10.1. The zero-order valence-corrected chi connectivity index (χ0v) is 17.1. The molecule has 23 heavy (non-hydrogen) atoms. The van der Waals surface area contributed by atoms with Gasteiger partial charge in [0.25, 0.3) is 0 Å². The summed E-state index contributed by atoms with van der Waals surface area (Å²) in [4.78, 5) is 5.60. The zero-order chi connectivity index (χ0) is 15.9. The van der Waals surface area contributed by atoms with Crippen LogP contribution < -0.4 is 15.4 Å². The van der Waals surface area contributed by atoms with E-state index in [2.05, 4.69) is 53.1 Å². The molecule has 1 heterocycles. The average molecular weight is 445 g/mol. The number of thiophene rings is 1. The third-order valence-corrected chi connectivity index (χ3v) is 4.55. The molecule has 0 bridgehead atoms. The Balaban J connectivity index is 0.00000264. The molecular formula is C17H24IN3OS. The molecule has 0 fully saturated rings. The van der Waals surface area contributed by atoms with Gasteiger partial charge in [0.05, 0.1) is 13.7 Å². The molecule has 0 aliphatic rings. The molecule has 0 unspecified atom stereocenters. The summed E-state index contributed by atoms with van der Waals surface area (Å²) in [5, 5.41) is 8.79. The van der Waals surface area contributed by atoms with Crippen LogP contribution in [0.15, 0.2) is 34.6 Å². The predicted octanol–water partition coefficient (Wildman–Crippen LogP) is 3.86. The molecule has 6 heteroatoms. The van der Waals surface area contributed by atoms with Gasteiger partial charge in [-0.2, -0.15) is 0 Å². The third kappa shape index (κ3) is 5.69. The van der Waals surface area contributed by atoms with E-state index in [1.165, 1.54) is 16.0 Å². The molecule has 4 nitrogen and oxygen atoms in total. The van der Waals surface area contributed by atoms with Crippen molar-refractivity contribution in [1.82, 2.24) is 10.6 Å². The number of benzene rings is 1. The van der Waals surface area contributed by atoms with Gasteiger partial charge in [-0.3, -0.25) is 4.99 Å². The van der Waals surface area contributed by atoms with Gasteiger partial charge in [0.2, 0.25) is 0 Å². The Kier molecular flexibility index (Phi) is 8.40. The molecule has 1 aromatic carbocycles. The quantitative estimate of drug-likeness (QED) is 0.418. The highest BCUT2D eigenvalue weighted by Gasteiger charge is 2.04. The molecule has 0 atom stereocenters. The lowest BCUT2D eigenvalue weighted by molar-refractivity contribution is 0.411. The number of aliphatic imine (C=N–C) groups is 1. The average Bonchev–Trinajstić information content (AvgIpc) is 2.93. The SMILES string of the molecule is CN=C(NCc1ccc(OC)c(C)c1)NCc1sccc1C.I. The molecule has 0 spiro atoms. The summed E-state index contributed by atoms with van der Waals surface area (Å²) < 4.78 is 5.28. The minimum Gasteiger partial charge on any atom is -0.496 e. The Labute approximate surface area is 159 Å². The second-order valence-corrected chi connectivity index (χ2v) is 6.11. The van der Waals surface area contributed by atoms with Crippen molar-refractivity contribution in [2.45, 2.75) is 26.9 Å². The van der Waals surface area contributed by atoms with E-state index >= 15 is 0 Å². The van der Waals surface area contributed by atoms with Crippen molar-refractivity contribution in [2.24, 2.45) is 4.99 Å². The van der Waals surface area contributed by atoms with E-state index in [4.69, 9.17) is 4.74 Å². The predicted molar refractivity (Wildman–Crippen MR) is 109 cm³/mol. The monoisotopic (exact) mass is 445 g/mol. The van der Waals surface area contributed by atoms with Gasteiger partial charge in [-0.15, -0.1) is 35.3 Å². The van der Waals surface area contributed by atoms with E-state index in [0.717, 1.165) is 30.4 Å². The van der Waals surface area contributed by atoms with E-state index < -0.39 is 0 Å². The van der Waals surface area contributed by atoms with Gasteiger partial charge in [-0.05, 0) is 48.1 Å². The number of guanidine groups is 1. The normalized spacial score (nSPS) is 10.9. The molecule has 126 valence electrons.